The number of rotatable bonds is 12. The zero-order valence-electron chi connectivity index (χ0n) is 19.8. The number of ether oxygens (including phenoxy) is 2. The van der Waals surface area contributed by atoms with Gasteiger partial charge in [0.1, 0.15) is 24.7 Å². The Labute approximate surface area is 209 Å². The summed E-state index contributed by atoms with van der Waals surface area (Å²) in [5.74, 6) is -0.643. The van der Waals surface area contributed by atoms with Gasteiger partial charge in [-0.25, -0.2) is 9.07 Å². The summed E-state index contributed by atoms with van der Waals surface area (Å²) in [5.41, 5.74) is 0.362. The predicted octanol–water partition coefficient (Wildman–Crippen LogP) is 3.33. The van der Waals surface area contributed by atoms with Crippen LogP contribution in [0.4, 0.5) is 17.6 Å². The summed E-state index contributed by atoms with van der Waals surface area (Å²) in [4.78, 5) is 24.8. The van der Waals surface area contributed by atoms with Crippen molar-refractivity contribution in [2.75, 3.05) is 33.0 Å². The van der Waals surface area contributed by atoms with Crippen LogP contribution in [-0.2, 0) is 17.5 Å². The van der Waals surface area contributed by atoms with E-state index >= 15 is 0 Å². The molecule has 0 unspecified atom stereocenters. The Morgan fingerprint density at radius 1 is 1.00 bits per heavy atom. The van der Waals surface area contributed by atoms with Crippen LogP contribution in [0, 0.1) is 0 Å². The molecule has 0 spiro atoms. The number of nitrogens with zero attached hydrogens (tertiary/aromatic N) is 3. The lowest BCUT2D eigenvalue weighted by atomic mass is 10.1. The monoisotopic (exact) mass is 523 g/mol. The number of benzene rings is 2. The van der Waals surface area contributed by atoms with E-state index in [0.29, 0.717) is 23.4 Å². The van der Waals surface area contributed by atoms with Crippen LogP contribution in [0.5, 0.6) is 5.75 Å². The highest BCUT2D eigenvalue weighted by Crippen LogP contribution is 2.29. The molecule has 2 amide bonds. The quantitative estimate of drug-likeness (QED) is 0.279. The number of halogens is 4. The Kier molecular flexibility index (Phi) is 9.55. The van der Waals surface area contributed by atoms with Gasteiger partial charge in [-0.1, -0.05) is 17.3 Å². The van der Waals surface area contributed by atoms with Crippen molar-refractivity contribution >= 4 is 11.8 Å². The van der Waals surface area contributed by atoms with Gasteiger partial charge in [0.25, 0.3) is 11.8 Å². The fraction of sp³-hybridized carbons (Fsp3) is 0.333. The second kappa shape index (κ2) is 12.8. The van der Waals surface area contributed by atoms with Crippen LogP contribution in [0.3, 0.4) is 0 Å². The maximum absolute atomic E-state index is 12.7. The van der Waals surface area contributed by atoms with E-state index in [1.54, 1.807) is 19.1 Å². The number of hydrogen-bond acceptors (Lipinski definition) is 6. The van der Waals surface area contributed by atoms with Crippen molar-refractivity contribution in [1.29, 1.82) is 0 Å². The van der Waals surface area contributed by atoms with E-state index in [-0.39, 0.29) is 43.7 Å². The molecule has 2 aromatic carbocycles. The Morgan fingerprint density at radius 3 is 2.43 bits per heavy atom. The lowest BCUT2D eigenvalue weighted by Crippen LogP contribution is -2.23. The molecule has 2 N–H and O–H groups in total. The molecule has 0 aliphatic rings. The predicted molar refractivity (Wildman–Crippen MR) is 124 cm³/mol. The first-order valence-electron chi connectivity index (χ1n) is 11.3. The third-order valence-corrected chi connectivity index (χ3v) is 4.97. The number of alkyl halides is 4. The maximum atomic E-state index is 12.7. The van der Waals surface area contributed by atoms with Crippen LogP contribution < -0.4 is 15.4 Å². The maximum Gasteiger partial charge on any atom is 0.416 e. The van der Waals surface area contributed by atoms with Crippen molar-refractivity contribution in [2.24, 2.45) is 0 Å². The lowest BCUT2D eigenvalue weighted by molar-refractivity contribution is -0.137. The molecule has 1 aromatic heterocycles. The SMILES string of the molecule is CCNC(=O)c1ccc(-n2cc(C(=O)NCc3ccc(C(F)(F)F)cc3)nn2)c(OCCOCCF)c1. The highest BCUT2D eigenvalue weighted by molar-refractivity contribution is 5.95. The average molecular weight is 523 g/mol. The molecule has 3 aromatic rings. The van der Waals surface area contributed by atoms with Gasteiger partial charge in [0.2, 0.25) is 0 Å². The molecule has 0 saturated heterocycles. The molecule has 0 bridgehead atoms. The van der Waals surface area contributed by atoms with E-state index in [9.17, 15) is 27.2 Å². The van der Waals surface area contributed by atoms with Gasteiger partial charge in [0.05, 0.1) is 25.0 Å². The van der Waals surface area contributed by atoms with Gasteiger partial charge >= 0.3 is 6.18 Å². The molecule has 0 fully saturated rings. The van der Waals surface area contributed by atoms with Crippen molar-refractivity contribution in [2.45, 2.75) is 19.6 Å². The summed E-state index contributed by atoms with van der Waals surface area (Å²) < 4.78 is 62.4. The molecule has 0 radical (unpaired) electrons. The van der Waals surface area contributed by atoms with Gasteiger partial charge < -0.3 is 20.1 Å². The molecule has 3 rings (SSSR count). The van der Waals surface area contributed by atoms with Gasteiger partial charge in [0, 0.05) is 18.7 Å². The number of carbonyl (C=O) groups is 2. The van der Waals surface area contributed by atoms with Gasteiger partial charge in [-0.2, -0.15) is 13.2 Å². The highest BCUT2D eigenvalue weighted by Gasteiger charge is 2.29. The Balaban J connectivity index is 1.71. The van der Waals surface area contributed by atoms with Gasteiger partial charge in [-0.05, 0) is 42.8 Å². The Morgan fingerprint density at radius 2 is 1.76 bits per heavy atom. The molecule has 9 nitrogen and oxygen atoms in total. The lowest BCUT2D eigenvalue weighted by Gasteiger charge is -2.13. The second-order valence-corrected chi connectivity index (χ2v) is 7.62. The van der Waals surface area contributed by atoms with Crippen molar-refractivity contribution in [3.05, 3.63) is 71.0 Å². The molecule has 0 aliphatic heterocycles. The highest BCUT2D eigenvalue weighted by atomic mass is 19.4. The minimum absolute atomic E-state index is 0.0156. The molecule has 0 atom stereocenters. The molecular weight excluding hydrogens is 498 g/mol. The van der Waals surface area contributed by atoms with E-state index in [4.69, 9.17) is 9.47 Å². The zero-order valence-corrected chi connectivity index (χ0v) is 19.8. The van der Waals surface area contributed by atoms with Crippen LogP contribution >= 0.6 is 0 Å². The Bertz CT molecular complexity index is 1200. The molecule has 198 valence electrons. The minimum Gasteiger partial charge on any atom is -0.489 e. The molecular formula is C24H25F4N5O4. The molecule has 0 aliphatic carbocycles. The van der Waals surface area contributed by atoms with E-state index < -0.39 is 24.3 Å². The van der Waals surface area contributed by atoms with Crippen LogP contribution in [0.1, 0.15) is 38.9 Å². The largest absolute Gasteiger partial charge is 0.489 e. The Hall–Kier alpha value is -4.00. The van der Waals surface area contributed by atoms with Gasteiger partial charge in [-0.3, -0.25) is 9.59 Å². The molecule has 0 saturated carbocycles. The van der Waals surface area contributed by atoms with E-state index in [1.165, 1.54) is 29.1 Å². The standard InChI is InChI=1S/C24H25F4N5O4/c1-2-29-22(34)17-5-8-20(21(13-17)37-12-11-36-10-9-25)33-15-19(31-32-33)23(35)30-14-16-3-6-18(7-4-16)24(26,27)28/h3-8,13,15H,2,9-12,14H2,1H3,(H,29,34)(H,30,35). The van der Waals surface area contributed by atoms with Crippen LogP contribution in [0.2, 0.25) is 0 Å². The van der Waals surface area contributed by atoms with Crippen LogP contribution in [0.15, 0.2) is 48.7 Å². The van der Waals surface area contributed by atoms with Crippen molar-refractivity contribution in [3.8, 4) is 11.4 Å². The average Bonchev–Trinajstić information content (AvgIpc) is 3.37. The third kappa shape index (κ3) is 7.74. The van der Waals surface area contributed by atoms with E-state index in [2.05, 4.69) is 20.9 Å². The molecule has 1 heterocycles. The van der Waals surface area contributed by atoms with Gasteiger partial charge in [0.15, 0.2) is 5.69 Å². The summed E-state index contributed by atoms with van der Waals surface area (Å²) >= 11 is 0. The van der Waals surface area contributed by atoms with Crippen molar-refractivity contribution in [1.82, 2.24) is 25.6 Å². The smallest absolute Gasteiger partial charge is 0.416 e. The summed E-state index contributed by atoms with van der Waals surface area (Å²) in [6.45, 7) is 1.69. The second-order valence-electron chi connectivity index (χ2n) is 7.62. The molecule has 37 heavy (non-hydrogen) atoms. The first kappa shape index (κ1) is 27.6. The fourth-order valence-electron chi connectivity index (χ4n) is 3.16. The zero-order chi connectivity index (χ0) is 26.8. The fourth-order valence-corrected chi connectivity index (χ4v) is 3.16. The minimum atomic E-state index is -4.44. The number of nitrogens with one attached hydrogen (secondary N) is 2. The summed E-state index contributed by atoms with van der Waals surface area (Å²) in [6, 6.07) is 9.05. The first-order valence-corrected chi connectivity index (χ1v) is 11.3. The van der Waals surface area contributed by atoms with E-state index in [1.807, 2.05) is 0 Å². The summed E-state index contributed by atoms with van der Waals surface area (Å²) in [7, 11) is 0. The van der Waals surface area contributed by atoms with Crippen LogP contribution in [0.25, 0.3) is 5.69 Å². The van der Waals surface area contributed by atoms with Crippen molar-refractivity contribution in [3.63, 3.8) is 0 Å². The number of carbonyl (C=O) groups excluding carboxylic acids is 2. The number of amides is 2. The normalized spacial score (nSPS) is 11.3. The van der Waals surface area contributed by atoms with Crippen molar-refractivity contribution < 1.29 is 36.6 Å². The topological polar surface area (TPSA) is 107 Å². The molecule has 13 heteroatoms. The van der Waals surface area contributed by atoms with Gasteiger partial charge in [-0.15, -0.1) is 5.10 Å². The first-order chi connectivity index (χ1) is 17.7. The summed E-state index contributed by atoms with van der Waals surface area (Å²) in [6.07, 6.45) is -3.10. The summed E-state index contributed by atoms with van der Waals surface area (Å²) in [5, 5.41) is 13.1. The number of hydrogen-bond donors (Lipinski definition) is 2. The van der Waals surface area contributed by atoms with E-state index in [0.717, 1.165) is 12.1 Å². The number of aromatic nitrogens is 3. The third-order valence-electron chi connectivity index (χ3n) is 4.97. The van der Waals surface area contributed by atoms with Crippen LogP contribution in [-0.4, -0.2) is 59.8 Å².